The number of benzene rings is 1. The van der Waals surface area contributed by atoms with Gasteiger partial charge in [0.2, 0.25) is 0 Å². The quantitative estimate of drug-likeness (QED) is 0.632. The number of halogens is 1. The van der Waals surface area contributed by atoms with Gasteiger partial charge in [-0.15, -0.1) is 0 Å². The van der Waals surface area contributed by atoms with E-state index in [2.05, 4.69) is 39.0 Å². The van der Waals surface area contributed by atoms with E-state index >= 15 is 0 Å². The number of guanidine groups is 1. The third-order valence-corrected chi connectivity index (χ3v) is 3.68. The molecule has 0 bridgehead atoms. The Balaban J connectivity index is 1.89. The van der Waals surface area contributed by atoms with Gasteiger partial charge in [0.15, 0.2) is 5.96 Å². The molecule has 0 fully saturated rings. The molecule has 2 N–H and O–H groups in total. The van der Waals surface area contributed by atoms with Crippen molar-refractivity contribution in [1.29, 1.82) is 0 Å². The summed E-state index contributed by atoms with van der Waals surface area (Å²) in [6.07, 6.45) is 3.81. The Bertz CT molecular complexity index is 690. The van der Waals surface area contributed by atoms with Gasteiger partial charge in [-0.25, -0.2) is 9.37 Å². The van der Waals surface area contributed by atoms with Crippen LogP contribution in [0.1, 0.15) is 30.8 Å². The highest BCUT2D eigenvalue weighted by molar-refractivity contribution is 5.79. The number of aliphatic imine (C=N–C) groups is 1. The van der Waals surface area contributed by atoms with Gasteiger partial charge in [0, 0.05) is 32.5 Å². The first-order chi connectivity index (χ1) is 11.5. The third kappa shape index (κ3) is 5.08. The first-order valence-electron chi connectivity index (χ1n) is 8.19. The SMILES string of the molecule is CN=C(NCc1ccc(F)c(C)c1)NCc1nccn1CC(C)C. The normalized spacial score (nSPS) is 11.8. The van der Waals surface area contributed by atoms with Crippen LogP contribution in [0.3, 0.4) is 0 Å². The van der Waals surface area contributed by atoms with Gasteiger partial charge in [0.05, 0.1) is 6.54 Å². The van der Waals surface area contributed by atoms with E-state index in [1.807, 2.05) is 18.5 Å². The Morgan fingerprint density at radius 1 is 1.29 bits per heavy atom. The van der Waals surface area contributed by atoms with Gasteiger partial charge in [0.25, 0.3) is 0 Å². The fourth-order valence-electron chi connectivity index (χ4n) is 2.45. The summed E-state index contributed by atoms with van der Waals surface area (Å²) >= 11 is 0. The van der Waals surface area contributed by atoms with Gasteiger partial charge in [-0.05, 0) is 30.0 Å². The number of nitrogens with zero attached hydrogens (tertiary/aromatic N) is 3. The van der Waals surface area contributed by atoms with Crippen LogP contribution >= 0.6 is 0 Å². The van der Waals surface area contributed by atoms with Crippen LogP contribution < -0.4 is 10.6 Å². The minimum atomic E-state index is -0.182. The fraction of sp³-hybridized carbons (Fsp3) is 0.444. The van der Waals surface area contributed by atoms with Gasteiger partial charge >= 0.3 is 0 Å². The summed E-state index contributed by atoms with van der Waals surface area (Å²) in [6, 6.07) is 5.11. The first-order valence-corrected chi connectivity index (χ1v) is 8.19. The minimum absolute atomic E-state index is 0.182. The molecule has 2 rings (SSSR count). The van der Waals surface area contributed by atoms with E-state index in [4.69, 9.17) is 0 Å². The maximum atomic E-state index is 13.3. The van der Waals surface area contributed by atoms with Gasteiger partial charge in [0.1, 0.15) is 11.6 Å². The van der Waals surface area contributed by atoms with Gasteiger partial charge < -0.3 is 15.2 Å². The third-order valence-electron chi connectivity index (χ3n) is 3.68. The van der Waals surface area contributed by atoms with E-state index in [1.54, 1.807) is 20.0 Å². The van der Waals surface area contributed by atoms with Crippen molar-refractivity contribution in [2.45, 2.75) is 40.4 Å². The second-order valence-electron chi connectivity index (χ2n) is 6.25. The van der Waals surface area contributed by atoms with Crippen molar-refractivity contribution in [3.63, 3.8) is 0 Å². The lowest BCUT2D eigenvalue weighted by molar-refractivity contribution is 0.503. The molecule has 0 unspecified atom stereocenters. The Labute approximate surface area is 143 Å². The maximum absolute atomic E-state index is 13.3. The van der Waals surface area contributed by atoms with Crippen LogP contribution in [0.15, 0.2) is 35.6 Å². The summed E-state index contributed by atoms with van der Waals surface area (Å²) in [6.45, 7) is 8.26. The highest BCUT2D eigenvalue weighted by Gasteiger charge is 2.06. The van der Waals surface area contributed by atoms with Crippen LogP contribution in [-0.2, 0) is 19.6 Å². The molecular weight excluding hydrogens is 305 g/mol. The molecule has 6 heteroatoms. The van der Waals surface area contributed by atoms with E-state index in [9.17, 15) is 4.39 Å². The van der Waals surface area contributed by atoms with E-state index < -0.39 is 0 Å². The molecule has 24 heavy (non-hydrogen) atoms. The zero-order chi connectivity index (χ0) is 17.5. The number of hydrogen-bond donors (Lipinski definition) is 2. The highest BCUT2D eigenvalue weighted by Crippen LogP contribution is 2.09. The zero-order valence-electron chi connectivity index (χ0n) is 14.8. The monoisotopic (exact) mass is 331 g/mol. The Morgan fingerprint density at radius 2 is 2.04 bits per heavy atom. The van der Waals surface area contributed by atoms with Crippen LogP contribution in [0.2, 0.25) is 0 Å². The summed E-state index contributed by atoms with van der Waals surface area (Å²) in [5, 5.41) is 6.50. The predicted molar refractivity (Wildman–Crippen MR) is 95.2 cm³/mol. The van der Waals surface area contributed by atoms with Crippen molar-refractivity contribution < 1.29 is 4.39 Å². The lowest BCUT2D eigenvalue weighted by Gasteiger charge is -2.14. The molecule has 0 saturated heterocycles. The second-order valence-corrected chi connectivity index (χ2v) is 6.25. The molecule has 0 aliphatic rings. The molecule has 0 spiro atoms. The average Bonchev–Trinajstić information content (AvgIpc) is 2.97. The molecule has 0 aliphatic carbocycles. The van der Waals surface area contributed by atoms with Gasteiger partial charge in [-0.1, -0.05) is 26.0 Å². The second kappa shape index (κ2) is 8.47. The van der Waals surface area contributed by atoms with E-state index in [0.29, 0.717) is 30.5 Å². The Hall–Kier alpha value is -2.37. The number of nitrogens with one attached hydrogen (secondary N) is 2. The van der Waals surface area contributed by atoms with Crippen molar-refractivity contribution in [3.05, 3.63) is 53.4 Å². The number of imidazole rings is 1. The van der Waals surface area contributed by atoms with Crippen molar-refractivity contribution in [1.82, 2.24) is 20.2 Å². The number of rotatable bonds is 6. The standard InChI is InChI=1S/C18H26FN5/c1-13(2)12-24-8-7-21-17(24)11-23-18(20-4)22-10-15-5-6-16(19)14(3)9-15/h5-9,13H,10-12H2,1-4H3,(H2,20,22,23). The molecule has 5 nitrogen and oxygen atoms in total. The summed E-state index contributed by atoms with van der Waals surface area (Å²) in [7, 11) is 1.73. The summed E-state index contributed by atoms with van der Waals surface area (Å²) in [4.78, 5) is 8.61. The van der Waals surface area contributed by atoms with Crippen LogP contribution in [0.5, 0.6) is 0 Å². The molecule has 130 valence electrons. The van der Waals surface area contributed by atoms with E-state index in [1.165, 1.54) is 6.07 Å². The van der Waals surface area contributed by atoms with Crippen molar-refractivity contribution in [2.24, 2.45) is 10.9 Å². The van der Waals surface area contributed by atoms with Gasteiger partial charge in [-0.3, -0.25) is 4.99 Å². The van der Waals surface area contributed by atoms with Crippen molar-refractivity contribution >= 4 is 5.96 Å². The van der Waals surface area contributed by atoms with Crippen LogP contribution in [0, 0.1) is 18.7 Å². The van der Waals surface area contributed by atoms with E-state index in [-0.39, 0.29) is 5.82 Å². The molecule has 1 aromatic heterocycles. The Kier molecular flexibility index (Phi) is 6.35. The average molecular weight is 331 g/mol. The molecule has 1 aromatic carbocycles. The number of aryl methyl sites for hydroxylation is 1. The van der Waals surface area contributed by atoms with Gasteiger partial charge in [-0.2, -0.15) is 0 Å². The maximum Gasteiger partial charge on any atom is 0.191 e. The molecule has 0 amide bonds. The molecule has 0 radical (unpaired) electrons. The number of aromatic nitrogens is 2. The molecule has 0 atom stereocenters. The lowest BCUT2D eigenvalue weighted by atomic mass is 10.1. The van der Waals surface area contributed by atoms with Crippen LogP contribution in [-0.4, -0.2) is 22.6 Å². The highest BCUT2D eigenvalue weighted by atomic mass is 19.1. The topological polar surface area (TPSA) is 54.2 Å². The smallest absolute Gasteiger partial charge is 0.191 e. The zero-order valence-corrected chi connectivity index (χ0v) is 14.8. The lowest BCUT2D eigenvalue weighted by Crippen LogP contribution is -2.37. The Morgan fingerprint density at radius 3 is 2.71 bits per heavy atom. The van der Waals surface area contributed by atoms with Crippen LogP contribution in [0.25, 0.3) is 0 Å². The van der Waals surface area contributed by atoms with Crippen LogP contribution in [0.4, 0.5) is 4.39 Å². The largest absolute Gasteiger partial charge is 0.352 e. The molecule has 2 aromatic rings. The number of hydrogen-bond acceptors (Lipinski definition) is 2. The summed E-state index contributed by atoms with van der Waals surface area (Å²) < 4.78 is 15.5. The van der Waals surface area contributed by atoms with Crippen molar-refractivity contribution in [2.75, 3.05) is 7.05 Å². The summed E-state index contributed by atoms with van der Waals surface area (Å²) in [5.74, 6) is 2.05. The fourth-order valence-corrected chi connectivity index (χ4v) is 2.45. The minimum Gasteiger partial charge on any atom is -0.352 e. The molecule has 0 saturated carbocycles. The molecule has 1 heterocycles. The van der Waals surface area contributed by atoms with E-state index in [0.717, 1.165) is 17.9 Å². The predicted octanol–water partition coefficient (Wildman–Crippen LogP) is 2.85. The molecular formula is C18H26FN5. The van der Waals surface area contributed by atoms with Crippen molar-refractivity contribution in [3.8, 4) is 0 Å². The summed E-state index contributed by atoms with van der Waals surface area (Å²) in [5.41, 5.74) is 1.66. The first kappa shape index (κ1) is 18.0. The molecule has 0 aliphatic heterocycles.